The molecule has 0 radical (unpaired) electrons. The standard InChI is InChI=1S/C19H26N2O3S/c1-4-5-11-24-19-9-8-17(12-18(19)15(2)3)25(22,23)21-14-16-7-6-10-20-13-16/h6-10,12-13,15,21H,4-5,11,14H2,1-3H3. The van der Waals surface area contributed by atoms with Gasteiger partial charge >= 0.3 is 0 Å². The SMILES string of the molecule is CCCCOc1ccc(S(=O)(=O)NCc2cccnc2)cc1C(C)C. The van der Waals surface area contributed by atoms with Crippen molar-refractivity contribution in [3.05, 3.63) is 53.9 Å². The lowest BCUT2D eigenvalue weighted by Gasteiger charge is -2.16. The van der Waals surface area contributed by atoms with Crippen molar-refractivity contribution >= 4 is 10.0 Å². The molecule has 0 bridgehead atoms. The Kier molecular flexibility index (Phi) is 6.96. The van der Waals surface area contributed by atoms with Gasteiger partial charge in [-0.2, -0.15) is 0 Å². The maximum Gasteiger partial charge on any atom is 0.240 e. The number of benzene rings is 1. The molecule has 1 aromatic heterocycles. The van der Waals surface area contributed by atoms with E-state index in [1.54, 1.807) is 36.7 Å². The molecule has 6 heteroatoms. The van der Waals surface area contributed by atoms with Crippen LogP contribution in [0.5, 0.6) is 5.75 Å². The van der Waals surface area contributed by atoms with Gasteiger partial charge in [0.2, 0.25) is 10.0 Å². The number of pyridine rings is 1. The van der Waals surface area contributed by atoms with E-state index >= 15 is 0 Å². The summed E-state index contributed by atoms with van der Waals surface area (Å²) in [6.45, 7) is 7.02. The molecule has 0 spiro atoms. The summed E-state index contributed by atoms with van der Waals surface area (Å²) in [7, 11) is -3.59. The van der Waals surface area contributed by atoms with Crippen molar-refractivity contribution in [1.29, 1.82) is 0 Å². The van der Waals surface area contributed by atoms with Crippen molar-refractivity contribution in [2.75, 3.05) is 6.61 Å². The van der Waals surface area contributed by atoms with Gasteiger partial charge in [0, 0.05) is 18.9 Å². The van der Waals surface area contributed by atoms with Gasteiger partial charge in [0.25, 0.3) is 0 Å². The summed E-state index contributed by atoms with van der Waals surface area (Å²) >= 11 is 0. The van der Waals surface area contributed by atoms with Gasteiger partial charge in [-0.15, -0.1) is 0 Å². The Hall–Kier alpha value is -1.92. The van der Waals surface area contributed by atoms with Crippen LogP contribution in [0.25, 0.3) is 0 Å². The van der Waals surface area contributed by atoms with E-state index < -0.39 is 10.0 Å². The number of rotatable bonds is 9. The molecule has 0 aliphatic rings. The second kappa shape index (κ2) is 8.97. The highest BCUT2D eigenvalue weighted by atomic mass is 32.2. The van der Waals surface area contributed by atoms with Crippen LogP contribution in [0, 0.1) is 0 Å². The van der Waals surface area contributed by atoms with Crippen LogP contribution in [0.15, 0.2) is 47.6 Å². The fourth-order valence-corrected chi connectivity index (χ4v) is 3.42. The number of hydrogen-bond acceptors (Lipinski definition) is 4. The number of nitrogens with one attached hydrogen (secondary N) is 1. The highest BCUT2D eigenvalue weighted by molar-refractivity contribution is 7.89. The fraction of sp³-hybridized carbons (Fsp3) is 0.421. The topological polar surface area (TPSA) is 68.3 Å². The Balaban J connectivity index is 2.18. The van der Waals surface area contributed by atoms with Crippen molar-refractivity contribution in [3.63, 3.8) is 0 Å². The summed E-state index contributed by atoms with van der Waals surface area (Å²) in [5.74, 6) is 0.930. The average molecular weight is 362 g/mol. The quantitative estimate of drug-likeness (QED) is 0.688. The average Bonchev–Trinajstić information content (AvgIpc) is 2.61. The maximum atomic E-state index is 12.6. The lowest BCUT2D eigenvalue weighted by atomic mass is 10.0. The minimum atomic E-state index is -3.59. The molecular formula is C19H26N2O3S. The molecule has 2 rings (SSSR count). The van der Waals surface area contributed by atoms with Crippen LogP contribution < -0.4 is 9.46 Å². The molecule has 0 unspecified atom stereocenters. The molecule has 1 heterocycles. The second-order valence-electron chi connectivity index (χ2n) is 6.24. The summed E-state index contributed by atoms with van der Waals surface area (Å²) in [5.41, 5.74) is 1.72. The first-order valence-corrected chi connectivity index (χ1v) is 10.1. The van der Waals surface area contributed by atoms with Gasteiger partial charge in [-0.25, -0.2) is 13.1 Å². The highest BCUT2D eigenvalue weighted by Gasteiger charge is 2.18. The molecule has 0 amide bonds. The van der Waals surface area contributed by atoms with Gasteiger partial charge in [0.1, 0.15) is 5.75 Å². The summed E-state index contributed by atoms with van der Waals surface area (Å²) in [6, 6.07) is 8.67. The summed E-state index contributed by atoms with van der Waals surface area (Å²) in [4.78, 5) is 4.24. The number of hydrogen-bond donors (Lipinski definition) is 1. The number of aromatic nitrogens is 1. The Bertz CT molecular complexity index is 775. The first-order valence-electron chi connectivity index (χ1n) is 8.59. The van der Waals surface area contributed by atoms with Gasteiger partial charge in [-0.05, 0) is 47.7 Å². The third kappa shape index (κ3) is 5.54. The number of unbranched alkanes of at least 4 members (excludes halogenated alkanes) is 1. The van der Waals surface area contributed by atoms with E-state index in [0.29, 0.717) is 6.61 Å². The Morgan fingerprint density at radius 3 is 2.68 bits per heavy atom. The van der Waals surface area contributed by atoms with E-state index in [2.05, 4.69) is 16.6 Å². The molecule has 1 aromatic carbocycles. The largest absolute Gasteiger partial charge is 0.493 e. The molecule has 0 atom stereocenters. The van der Waals surface area contributed by atoms with Crippen LogP contribution in [0.3, 0.4) is 0 Å². The third-order valence-electron chi connectivity index (χ3n) is 3.86. The lowest BCUT2D eigenvalue weighted by Crippen LogP contribution is -2.23. The fourth-order valence-electron chi connectivity index (χ4n) is 2.37. The minimum absolute atomic E-state index is 0.171. The predicted octanol–water partition coefficient (Wildman–Crippen LogP) is 3.86. The summed E-state index contributed by atoms with van der Waals surface area (Å²) in [5, 5.41) is 0. The molecule has 0 saturated heterocycles. The zero-order valence-electron chi connectivity index (χ0n) is 15.0. The Labute approximate surface area is 150 Å². The molecule has 2 aromatic rings. The molecule has 0 saturated carbocycles. The van der Waals surface area contributed by atoms with Crippen molar-refractivity contribution < 1.29 is 13.2 Å². The lowest BCUT2D eigenvalue weighted by molar-refractivity contribution is 0.305. The number of sulfonamides is 1. The van der Waals surface area contributed by atoms with Gasteiger partial charge in [-0.1, -0.05) is 33.3 Å². The van der Waals surface area contributed by atoms with Crippen LogP contribution in [0.1, 0.15) is 50.7 Å². The van der Waals surface area contributed by atoms with Gasteiger partial charge in [0.15, 0.2) is 0 Å². The summed E-state index contributed by atoms with van der Waals surface area (Å²) in [6.07, 6.45) is 5.34. The van der Waals surface area contributed by atoms with Gasteiger partial charge in [0.05, 0.1) is 11.5 Å². The van der Waals surface area contributed by atoms with E-state index in [1.807, 2.05) is 19.9 Å². The number of ether oxygens (including phenoxy) is 1. The third-order valence-corrected chi connectivity index (χ3v) is 5.26. The van der Waals surface area contributed by atoms with E-state index in [1.165, 1.54) is 0 Å². The van der Waals surface area contributed by atoms with E-state index in [-0.39, 0.29) is 17.4 Å². The Morgan fingerprint density at radius 2 is 2.04 bits per heavy atom. The van der Waals surface area contributed by atoms with Crippen molar-refractivity contribution in [1.82, 2.24) is 9.71 Å². The zero-order valence-corrected chi connectivity index (χ0v) is 15.8. The van der Waals surface area contributed by atoms with Crippen molar-refractivity contribution in [3.8, 4) is 5.75 Å². The van der Waals surface area contributed by atoms with Crippen molar-refractivity contribution in [2.45, 2.75) is 51.0 Å². The smallest absolute Gasteiger partial charge is 0.240 e. The van der Waals surface area contributed by atoms with E-state index in [9.17, 15) is 8.42 Å². The van der Waals surface area contributed by atoms with E-state index in [4.69, 9.17) is 4.74 Å². The zero-order chi connectivity index (χ0) is 18.3. The maximum absolute atomic E-state index is 12.6. The molecule has 136 valence electrons. The summed E-state index contributed by atoms with van der Waals surface area (Å²) < 4.78 is 33.6. The molecular weight excluding hydrogens is 336 g/mol. The van der Waals surface area contributed by atoms with Crippen LogP contribution >= 0.6 is 0 Å². The Morgan fingerprint density at radius 1 is 1.24 bits per heavy atom. The molecule has 0 aliphatic carbocycles. The molecule has 0 aliphatic heterocycles. The first-order chi connectivity index (χ1) is 11.9. The van der Waals surface area contributed by atoms with Crippen LogP contribution in [0.4, 0.5) is 0 Å². The molecule has 25 heavy (non-hydrogen) atoms. The number of nitrogens with zero attached hydrogens (tertiary/aromatic N) is 1. The molecule has 5 nitrogen and oxygen atoms in total. The van der Waals surface area contributed by atoms with Crippen LogP contribution in [-0.4, -0.2) is 20.0 Å². The van der Waals surface area contributed by atoms with Gasteiger partial charge in [-0.3, -0.25) is 4.98 Å². The molecule has 0 fully saturated rings. The monoisotopic (exact) mass is 362 g/mol. The molecule has 1 N–H and O–H groups in total. The van der Waals surface area contributed by atoms with E-state index in [0.717, 1.165) is 29.7 Å². The highest BCUT2D eigenvalue weighted by Crippen LogP contribution is 2.29. The predicted molar refractivity (Wildman–Crippen MR) is 99.2 cm³/mol. The van der Waals surface area contributed by atoms with Crippen LogP contribution in [-0.2, 0) is 16.6 Å². The van der Waals surface area contributed by atoms with Crippen molar-refractivity contribution in [2.24, 2.45) is 0 Å². The van der Waals surface area contributed by atoms with Gasteiger partial charge < -0.3 is 4.74 Å². The first kappa shape index (κ1) is 19.4. The minimum Gasteiger partial charge on any atom is -0.493 e. The second-order valence-corrected chi connectivity index (χ2v) is 8.01. The van der Waals surface area contributed by atoms with Crippen LogP contribution in [0.2, 0.25) is 0 Å². The normalized spacial score (nSPS) is 11.7.